The molecule has 0 spiro atoms. The van der Waals surface area contributed by atoms with Crippen molar-refractivity contribution < 1.29 is 9.53 Å². The van der Waals surface area contributed by atoms with Gasteiger partial charge in [0.25, 0.3) is 0 Å². The maximum atomic E-state index is 10.6. The lowest BCUT2D eigenvalue weighted by Crippen LogP contribution is -2.29. The minimum atomic E-state index is -0.388. The lowest BCUT2D eigenvalue weighted by Gasteiger charge is -2.18. The fourth-order valence-corrected chi connectivity index (χ4v) is 0.322. The van der Waals surface area contributed by atoms with Crippen molar-refractivity contribution in [2.45, 2.75) is 13.2 Å². The Balaban J connectivity index is 3.67. The first-order chi connectivity index (χ1) is 4.57. The number of carbonyl (C=O) groups excluding carboxylic acids is 1. The number of hydrogen-bond acceptors (Lipinski definition) is 3. The highest BCUT2D eigenvalue weighted by molar-refractivity contribution is 5.81. The zero-order valence-electron chi connectivity index (χ0n) is 6.63. The molecule has 1 atom stereocenters. The van der Waals surface area contributed by atoms with Crippen LogP contribution in [0.5, 0.6) is 0 Å². The summed E-state index contributed by atoms with van der Waals surface area (Å²) in [5, 5.41) is 0. The Morgan fingerprint density at radius 1 is 1.70 bits per heavy atom. The van der Waals surface area contributed by atoms with E-state index in [0.717, 1.165) is 6.08 Å². The van der Waals surface area contributed by atoms with Crippen molar-refractivity contribution in [1.82, 2.24) is 4.90 Å². The Bertz CT molecular complexity index is 132. The second kappa shape index (κ2) is 4.06. The Kier molecular flexibility index (Phi) is 3.72. The quantitative estimate of drug-likeness (QED) is 0.329. The van der Waals surface area contributed by atoms with Gasteiger partial charge < -0.3 is 4.74 Å². The zero-order valence-corrected chi connectivity index (χ0v) is 6.63. The highest BCUT2D eigenvalue weighted by atomic mass is 16.6. The third-order valence-corrected chi connectivity index (χ3v) is 1.18. The fourth-order valence-electron chi connectivity index (χ4n) is 0.322. The molecule has 0 heterocycles. The first kappa shape index (κ1) is 9.17. The average Bonchev–Trinajstić information content (AvgIpc) is 1.87. The average molecular weight is 143 g/mol. The number of rotatable bonds is 3. The van der Waals surface area contributed by atoms with Crippen molar-refractivity contribution in [1.29, 1.82) is 0 Å². The molecule has 3 heteroatoms. The largest absolute Gasteiger partial charge is 0.444 e. The first-order valence-corrected chi connectivity index (χ1v) is 3.07. The van der Waals surface area contributed by atoms with Crippen LogP contribution in [-0.2, 0) is 9.53 Å². The summed E-state index contributed by atoms with van der Waals surface area (Å²) in [6.07, 6.45) is 0.963. The van der Waals surface area contributed by atoms with Gasteiger partial charge in [-0.05, 0) is 21.0 Å². The van der Waals surface area contributed by atoms with Crippen LogP contribution >= 0.6 is 0 Å². The monoisotopic (exact) mass is 143 g/mol. The number of nitrogens with zero attached hydrogens (tertiary/aromatic N) is 1. The normalized spacial score (nSPS) is 12.8. The van der Waals surface area contributed by atoms with Gasteiger partial charge in [-0.25, -0.2) is 4.79 Å². The molecule has 0 aliphatic heterocycles. The molecule has 0 N–H and O–H groups in total. The maximum absolute atomic E-state index is 10.6. The van der Waals surface area contributed by atoms with Crippen LogP contribution in [0.15, 0.2) is 12.7 Å². The van der Waals surface area contributed by atoms with Crippen LogP contribution < -0.4 is 0 Å². The third kappa shape index (κ3) is 3.25. The smallest absolute Gasteiger partial charge is 0.331 e. The zero-order chi connectivity index (χ0) is 8.15. The van der Waals surface area contributed by atoms with E-state index in [9.17, 15) is 4.79 Å². The minimum Gasteiger partial charge on any atom is -0.444 e. The fraction of sp³-hybridized carbons (Fsp3) is 0.571. The van der Waals surface area contributed by atoms with Crippen LogP contribution in [-0.4, -0.2) is 31.2 Å². The molecule has 10 heavy (non-hydrogen) atoms. The van der Waals surface area contributed by atoms with Crippen molar-refractivity contribution >= 4 is 5.97 Å². The predicted molar refractivity (Wildman–Crippen MR) is 39.4 cm³/mol. The van der Waals surface area contributed by atoms with Crippen LogP contribution in [0.2, 0.25) is 0 Å². The Morgan fingerprint density at radius 2 is 2.20 bits per heavy atom. The number of ether oxygens (including phenoxy) is 1. The first-order valence-electron chi connectivity index (χ1n) is 3.07. The van der Waals surface area contributed by atoms with Crippen molar-refractivity contribution in [3.05, 3.63) is 12.7 Å². The molecular weight excluding hydrogens is 130 g/mol. The van der Waals surface area contributed by atoms with Gasteiger partial charge in [-0.2, -0.15) is 0 Å². The molecule has 0 aromatic rings. The summed E-state index contributed by atoms with van der Waals surface area (Å²) in [5.74, 6) is -0.388. The second-order valence-electron chi connectivity index (χ2n) is 2.20. The van der Waals surface area contributed by atoms with E-state index in [0.29, 0.717) is 0 Å². The van der Waals surface area contributed by atoms with E-state index in [4.69, 9.17) is 4.74 Å². The molecule has 0 saturated heterocycles. The van der Waals surface area contributed by atoms with E-state index in [1.807, 2.05) is 14.1 Å². The standard InChI is InChI=1S/C7H13NO2/c1-5-7(9)10-6(2)8(3)4/h5-6H,1H2,2-4H3. The summed E-state index contributed by atoms with van der Waals surface area (Å²) in [5.41, 5.74) is 0. The van der Waals surface area contributed by atoms with Crippen LogP contribution in [0, 0.1) is 0 Å². The molecule has 0 aromatic carbocycles. The molecule has 0 fully saturated rings. The Hall–Kier alpha value is -0.830. The lowest BCUT2D eigenvalue weighted by atomic mass is 10.6. The molecular formula is C7H13NO2. The van der Waals surface area contributed by atoms with Crippen molar-refractivity contribution in [3.8, 4) is 0 Å². The summed E-state index contributed by atoms with van der Waals surface area (Å²) >= 11 is 0. The van der Waals surface area contributed by atoms with E-state index in [1.54, 1.807) is 11.8 Å². The summed E-state index contributed by atoms with van der Waals surface area (Å²) in [6, 6.07) is 0. The molecule has 0 bridgehead atoms. The van der Waals surface area contributed by atoms with Crippen molar-refractivity contribution in [2.24, 2.45) is 0 Å². The minimum absolute atomic E-state index is 0.189. The van der Waals surface area contributed by atoms with Gasteiger partial charge in [-0.1, -0.05) is 6.58 Å². The van der Waals surface area contributed by atoms with Gasteiger partial charge in [0.15, 0.2) is 6.23 Å². The molecule has 0 aromatic heterocycles. The third-order valence-electron chi connectivity index (χ3n) is 1.18. The van der Waals surface area contributed by atoms with E-state index in [1.165, 1.54) is 0 Å². The van der Waals surface area contributed by atoms with Gasteiger partial charge >= 0.3 is 5.97 Å². The van der Waals surface area contributed by atoms with Crippen molar-refractivity contribution in [3.63, 3.8) is 0 Å². The van der Waals surface area contributed by atoms with Gasteiger partial charge in [0, 0.05) is 6.08 Å². The molecule has 0 saturated carbocycles. The SMILES string of the molecule is C=CC(=O)OC(C)N(C)C. The predicted octanol–water partition coefficient (Wildman–Crippen LogP) is 0.623. The van der Waals surface area contributed by atoms with Crippen LogP contribution in [0.25, 0.3) is 0 Å². The number of esters is 1. The van der Waals surface area contributed by atoms with Gasteiger partial charge in [0.05, 0.1) is 0 Å². The molecule has 0 radical (unpaired) electrons. The number of carbonyl (C=O) groups is 1. The van der Waals surface area contributed by atoms with Gasteiger partial charge in [0.2, 0.25) is 0 Å². The van der Waals surface area contributed by atoms with Crippen LogP contribution in [0.4, 0.5) is 0 Å². The van der Waals surface area contributed by atoms with E-state index in [-0.39, 0.29) is 12.2 Å². The molecule has 0 rings (SSSR count). The molecule has 0 amide bonds. The highest BCUT2D eigenvalue weighted by Crippen LogP contribution is 1.94. The number of hydrogen-bond donors (Lipinski definition) is 0. The summed E-state index contributed by atoms with van der Waals surface area (Å²) < 4.78 is 4.83. The van der Waals surface area contributed by atoms with E-state index >= 15 is 0 Å². The van der Waals surface area contributed by atoms with Crippen LogP contribution in [0.3, 0.4) is 0 Å². The topological polar surface area (TPSA) is 29.5 Å². The molecule has 58 valence electrons. The van der Waals surface area contributed by atoms with Gasteiger partial charge in [0.1, 0.15) is 0 Å². The Morgan fingerprint density at radius 3 is 2.50 bits per heavy atom. The Labute approximate surface area is 61.3 Å². The molecule has 0 aliphatic rings. The lowest BCUT2D eigenvalue weighted by molar-refractivity contribution is -0.149. The maximum Gasteiger partial charge on any atom is 0.331 e. The summed E-state index contributed by atoms with van der Waals surface area (Å²) in [7, 11) is 3.67. The van der Waals surface area contributed by atoms with E-state index < -0.39 is 0 Å². The van der Waals surface area contributed by atoms with Crippen LogP contribution in [0.1, 0.15) is 6.92 Å². The summed E-state index contributed by atoms with van der Waals surface area (Å²) in [6.45, 7) is 5.07. The molecule has 0 aliphatic carbocycles. The molecule has 3 nitrogen and oxygen atoms in total. The molecule has 1 unspecified atom stereocenters. The van der Waals surface area contributed by atoms with Gasteiger partial charge in [-0.15, -0.1) is 0 Å². The summed E-state index contributed by atoms with van der Waals surface area (Å²) in [4.78, 5) is 12.4. The van der Waals surface area contributed by atoms with Gasteiger partial charge in [-0.3, -0.25) is 4.90 Å². The highest BCUT2D eigenvalue weighted by Gasteiger charge is 2.06. The van der Waals surface area contributed by atoms with Crippen molar-refractivity contribution in [2.75, 3.05) is 14.1 Å². The second-order valence-corrected chi connectivity index (χ2v) is 2.20. The van der Waals surface area contributed by atoms with E-state index in [2.05, 4.69) is 6.58 Å².